The fourth-order valence-corrected chi connectivity index (χ4v) is 6.03. The lowest BCUT2D eigenvalue weighted by atomic mass is 9.96. The van der Waals surface area contributed by atoms with Crippen LogP contribution in [0.1, 0.15) is 48.9 Å². The smallest absolute Gasteiger partial charge is 0.0541 e. The van der Waals surface area contributed by atoms with Crippen LogP contribution in [0.4, 0.5) is 5.69 Å². The molecule has 0 saturated heterocycles. The van der Waals surface area contributed by atoms with Gasteiger partial charge in [-0.2, -0.15) is 0 Å². The molecule has 0 fully saturated rings. The number of hydrogen-bond donors (Lipinski definition) is 1. The first kappa shape index (κ1) is 39.6. The van der Waals surface area contributed by atoms with Gasteiger partial charge >= 0.3 is 0 Å². The molecule has 0 bridgehead atoms. The van der Waals surface area contributed by atoms with Crippen LogP contribution < -0.4 is 5.73 Å². The third kappa shape index (κ3) is 11.4. The van der Waals surface area contributed by atoms with E-state index < -0.39 is 0 Å². The van der Waals surface area contributed by atoms with Gasteiger partial charge in [0.05, 0.1) is 11.0 Å². The van der Waals surface area contributed by atoms with Crippen LogP contribution in [0, 0.1) is 13.8 Å². The molecule has 1 heterocycles. The van der Waals surface area contributed by atoms with E-state index in [2.05, 4.69) is 160 Å². The van der Waals surface area contributed by atoms with Crippen molar-refractivity contribution in [3.05, 3.63) is 204 Å². The van der Waals surface area contributed by atoms with E-state index in [1.165, 1.54) is 55.3 Å². The van der Waals surface area contributed by atoms with E-state index >= 15 is 0 Å². The molecule has 3 nitrogen and oxygen atoms in total. The van der Waals surface area contributed by atoms with Crippen molar-refractivity contribution in [1.82, 2.24) is 4.57 Å². The number of nitrogen functional groups attached to an aromatic ring is 1. The van der Waals surface area contributed by atoms with E-state index in [4.69, 9.17) is 5.73 Å². The molecule has 1 aliphatic carbocycles. The topological polar surface area (TPSA) is 43.3 Å². The molecule has 2 N–H and O–H groups in total. The highest BCUT2D eigenvalue weighted by atomic mass is 15.0. The molecule has 0 spiro atoms. The lowest BCUT2D eigenvalue weighted by Gasteiger charge is -2.12. The number of nitrogens with two attached hydrogens (primary N) is 1. The summed E-state index contributed by atoms with van der Waals surface area (Å²) in [5.41, 5.74) is 18.6. The zero-order valence-corrected chi connectivity index (χ0v) is 32.0. The van der Waals surface area contributed by atoms with Crippen molar-refractivity contribution in [1.29, 1.82) is 0 Å². The summed E-state index contributed by atoms with van der Waals surface area (Å²) in [5.74, 6) is 0. The Balaban J connectivity index is 0.000000302. The third-order valence-electron chi connectivity index (χ3n) is 8.67. The molecule has 5 aromatic carbocycles. The van der Waals surface area contributed by atoms with Crippen LogP contribution in [0.5, 0.6) is 0 Å². The Hall–Kier alpha value is -6.19. The van der Waals surface area contributed by atoms with Crippen LogP contribution in [0.25, 0.3) is 38.6 Å². The van der Waals surface area contributed by atoms with Gasteiger partial charge in [-0.15, -0.1) is 0 Å². The molecule has 1 aromatic heterocycles. The number of anilines is 1. The summed E-state index contributed by atoms with van der Waals surface area (Å²) in [5, 5.41) is 2.53. The lowest BCUT2D eigenvalue weighted by Crippen LogP contribution is -1.97. The molecule has 7 rings (SSSR count). The number of hydrogen-bond acceptors (Lipinski definition) is 2. The number of nitrogens with zero attached hydrogens (tertiary/aromatic N) is 2. The minimum Gasteiger partial charge on any atom is -0.399 e. The molecule has 0 saturated carbocycles. The molecule has 1 aliphatic rings. The molecule has 3 heteroatoms. The molecular weight excluding hydrogens is 643 g/mol. The van der Waals surface area contributed by atoms with Crippen molar-refractivity contribution < 1.29 is 0 Å². The number of rotatable bonds is 6. The number of fused-ring (bicyclic) bond motifs is 3. The van der Waals surface area contributed by atoms with Gasteiger partial charge in [-0.05, 0) is 112 Å². The minimum atomic E-state index is 0.756. The Labute approximate surface area is 317 Å². The molecule has 6 aromatic rings. The lowest BCUT2D eigenvalue weighted by molar-refractivity contribution is 1.02. The van der Waals surface area contributed by atoms with Crippen molar-refractivity contribution >= 4 is 51.1 Å². The highest BCUT2D eigenvalue weighted by molar-refractivity contribution is 6.11. The summed E-state index contributed by atoms with van der Waals surface area (Å²) in [4.78, 5) is 3.25. The third-order valence-corrected chi connectivity index (χ3v) is 8.67. The average Bonchev–Trinajstić information content (AvgIpc) is 3.51. The molecule has 0 aliphatic heterocycles. The predicted molar refractivity (Wildman–Crippen MR) is 236 cm³/mol. The minimum absolute atomic E-state index is 0.756. The first-order chi connectivity index (χ1) is 25.8. The number of aromatic nitrogens is 1. The van der Waals surface area contributed by atoms with Gasteiger partial charge in [-0.1, -0.05) is 151 Å². The van der Waals surface area contributed by atoms with Crippen molar-refractivity contribution in [3.63, 3.8) is 0 Å². The van der Waals surface area contributed by atoms with Crippen molar-refractivity contribution in [3.8, 4) is 0 Å². The average molecular weight is 696 g/mol. The maximum atomic E-state index is 5.86. The Morgan fingerprint density at radius 2 is 1.26 bits per heavy atom. The number of aliphatic imine (C=N–C) groups is 1. The molecule has 0 radical (unpaired) electrons. The number of benzene rings is 5. The zero-order valence-electron chi connectivity index (χ0n) is 32.0. The molecule has 0 amide bonds. The van der Waals surface area contributed by atoms with Crippen molar-refractivity contribution in [2.75, 3.05) is 12.8 Å². The van der Waals surface area contributed by atoms with Gasteiger partial charge in [0.15, 0.2) is 0 Å². The van der Waals surface area contributed by atoms with Gasteiger partial charge in [-0.25, -0.2) is 0 Å². The van der Waals surface area contributed by atoms with E-state index in [1.807, 2.05) is 60.7 Å². The Morgan fingerprint density at radius 3 is 1.81 bits per heavy atom. The van der Waals surface area contributed by atoms with E-state index in [1.54, 1.807) is 7.05 Å². The largest absolute Gasteiger partial charge is 0.399 e. The summed E-state index contributed by atoms with van der Waals surface area (Å²) in [6.45, 7) is 15.8. The first-order valence-electron chi connectivity index (χ1n) is 18.1. The van der Waals surface area contributed by atoms with Gasteiger partial charge in [-0.3, -0.25) is 0 Å². The number of aryl methyl sites for hydroxylation is 2. The van der Waals surface area contributed by atoms with Gasteiger partial charge in [0, 0.05) is 29.2 Å². The summed E-state index contributed by atoms with van der Waals surface area (Å²) < 4.78 is 2.39. The van der Waals surface area contributed by atoms with Crippen LogP contribution in [0.3, 0.4) is 0 Å². The zero-order chi connectivity index (χ0) is 38.0. The molecular formula is C50H53N3. The van der Waals surface area contributed by atoms with Gasteiger partial charge < -0.3 is 15.3 Å². The van der Waals surface area contributed by atoms with Gasteiger partial charge in [0.25, 0.3) is 0 Å². The Morgan fingerprint density at radius 1 is 0.698 bits per heavy atom. The van der Waals surface area contributed by atoms with Crippen LogP contribution in [0.2, 0.25) is 0 Å². The highest BCUT2D eigenvalue weighted by Crippen LogP contribution is 2.36. The Bertz CT molecular complexity index is 2200. The quantitative estimate of drug-likeness (QED) is 0.105. The summed E-state index contributed by atoms with van der Waals surface area (Å²) in [6, 6.07) is 43.9. The van der Waals surface area contributed by atoms with Gasteiger partial charge in [0.1, 0.15) is 0 Å². The molecule has 0 unspecified atom stereocenters. The SMILES string of the molecule is C=C(\C=C/C(=C(C)/C=C\C)c1ccc2c(c1)c1ccccc1n2C1=CCCC=C1)c1ccc(N)cc1.C=NC.Cc1ccccc1.Cc1ccccc1. The number of para-hydroxylation sites is 1. The van der Waals surface area contributed by atoms with Crippen molar-refractivity contribution in [2.24, 2.45) is 4.99 Å². The van der Waals surface area contributed by atoms with Gasteiger partial charge in [0.2, 0.25) is 0 Å². The summed E-state index contributed by atoms with van der Waals surface area (Å²) in [6.07, 6.45) is 17.6. The second kappa shape index (κ2) is 20.6. The van der Waals surface area contributed by atoms with Crippen LogP contribution in [-0.4, -0.2) is 18.3 Å². The second-order valence-electron chi connectivity index (χ2n) is 12.9. The summed E-state index contributed by atoms with van der Waals surface area (Å²) in [7, 11) is 1.64. The maximum Gasteiger partial charge on any atom is 0.0541 e. The van der Waals surface area contributed by atoms with E-state index in [9.17, 15) is 0 Å². The highest BCUT2D eigenvalue weighted by Gasteiger charge is 2.15. The monoisotopic (exact) mass is 695 g/mol. The maximum absolute atomic E-state index is 5.86. The summed E-state index contributed by atoms with van der Waals surface area (Å²) >= 11 is 0. The molecule has 0 atom stereocenters. The standard InChI is InChI=1S/C34H32N2.2C7H8.C2H5N/c1-4-10-25(3)30(21-15-24(2)26-16-19-28(35)20-17-26)27-18-22-34-32(23-27)31-13-8-9-14-33(31)36(34)29-11-6-5-7-12-29;2*1-7-5-3-2-4-6-7;1-3-2/h4,6,8-23H,2,5,7,35H2,1,3H3;2*2-6H,1H3;1H2,2H3/b10-4-,21-15-,30-25-;;;. The van der Waals surface area contributed by atoms with E-state index in [-0.39, 0.29) is 0 Å². The van der Waals surface area contributed by atoms with E-state index in [0.717, 1.165) is 29.7 Å². The van der Waals surface area contributed by atoms with E-state index in [0.29, 0.717) is 0 Å². The van der Waals surface area contributed by atoms with Crippen LogP contribution in [-0.2, 0) is 0 Å². The first-order valence-corrected chi connectivity index (χ1v) is 18.1. The normalized spacial score (nSPS) is 12.5. The second-order valence-corrected chi connectivity index (χ2v) is 12.9. The fourth-order valence-electron chi connectivity index (χ4n) is 6.03. The van der Waals surface area contributed by atoms with Crippen LogP contribution in [0.15, 0.2) is 187 Å². The molecule has 53 heavy (non-hydrogen) atoms. The fraction of sp³-hybridized carbons (Fsp3) is 0.140. The van der Waals surface area contributed by atoms with Crippen LogP contribution >= 0.6 is 0 Å². The predicted octanol–water partition coefficient (Wildman–Crippen LogP) is 13.5. The molecule has 268 valence electrons. The number of allylic oxidation sites excluding steroid dienone is 11. The van der Waals surface area contributed by atoms with Crippen molar-refractivity contribution in [2.45, 2.75) is 40.5 Å². The Kier molecular flexibility index (Phi) is 15.4.